The second kappa shape index (κ2) is 7.17. The van der Waals surface area contributed by atoms with Gasteiger partial charge >= 0.3 is 6.18 Å². The smallest absolute Gasteiger partial charge is 0.416 e. The highest BCUT2D eigenvalue weighted by Gasteiger charge is 2.32. The maximum atomic E-state index is 14.4. The Morgan fingerprint density at radius 3 is 2.20 bits per heavy atom. The first-order valence-electron chi connectivity index (χ1n) is 9.23. The van der Waals surface area contributed by atoms with Crippen molar-refractivity contribution in [2.75, 3.05) is 0 Å². The van der Waals surface area contributed by atoms with Crippen LogP contribution in [0.15, 0.2) is 66.7 Å². The van der Waals surface area contributed by atoms with E-state index in [1.54, 1.807) is 12.1 Å². The first-order valence-corrected chi connectivity index (χ1v) is 9.61. The molecular formula is C24H17ClF4O. The fraction of sp³-hybridized carbons (Fsp3) is 0.167. The van der Waals surface area contributed by atoms with Gasteiger partial charge in [0.05, 0.1) is 16.1 Å². The molecule has 3 aromatic rings. The van der Waals surface area contributed by atoms with Crippen molar-refractivity contribution >= 4 is 17.4 Å². The number of rotatable bonds is 2. The molecule has 1 aliphatic heterocycles. The van der Waals surface area contributed by atoms with Gasteiger partial charge < -0.3 is 4.74 Å². The van der Waals surface area contributed by atoms with Crippen LogP contribution in [-0.2, 0) is 11.6 Å². The maximum Gasteiger partial charge on any atom is 0.416 e. The summed E-state index contributed by atoms with van der Waals surface area (Å²) in [5, 5.41) is 0.236. The van der Waals surface area contributed by atoms with Crippen molar-refractivity contribution in [2.24, 2.45) is 0 Å². The van der Waals surface area contributed by atoms with E-state index < -0.39 is 23.0 Å². The first kappa shape index (κ1) is 20.5. The molecule has 0 radical (unpaired) electrons. The number of fused-ring (bicyclic) bond motifs is 1. The van der Waals surface area contributed by atoms with E-state index >= 15 is 0 Å². The Kier molecular flexibility index (Phi) is 4.89. The zero-order chi connectivity index (χ0) is 21.7. The molecule has 4 rings (SSSR count). The van der Waals surface area contributed by atoms with Gasteiger partial charge in [-0.05, 0) is 47.5 Å². The highest BCUT2D eigenvalue weighted by Crippen LogP contribution is 2.44. The summed E-state index contributed by atoms with van der Waals surface area (Å²) in [7, 11) is 0. The molecule has 0 aromatic heterocycles. The molecule has 0 N–H and O–H groups in total. The molecule has 1 aliphatic rings. The lowest BCUT2D eigenvalue weighted by Gasteiger charge is -2.31. The third-order valence-corrected chi connectivity index (χ3v) is 5.46. The number of allylic oxidation sites excluding steroid dienone is 1. The standard InChI is InChI=1S/C24H17ClF4O/c1-23(2)13-21(22-18(25)4-3-5-19(22)26)30-20-12-15(8-11-17(20)23)14-6-9-16(10-7-14)24(27,28)29/h3-13H,1-2H3. The van der Waals surface area contributed by atoms with Crippen molar-refractivity contribution in [3.05, 3.63) is 94.3 Å². The first-order chi connectivity index (χ1) is 14.1. The normalized spacial score (nSPS) is 15.2. The predicted molar refractivity (Wildman–Crippen MR) is 110 cm³/mol. The van der Waals surface area contributed by atoms with Crippen LogP contribution in [0.4, 0.5) is 17.6 Å². The molecule has 6 heteroatoms. The molecule has 0 unspecified atom stereocenters. The minimum absolute atomic E-state index is 0.179. The molecule has 0 fully saturated rings. The number of alkyl halides is 3. The minimum atomic E-state index is -4.39. The van der Waals surface area contributed by atoms with Crippen molar-refractivity contribution < 1.29 is 22.3 Å². The van der Waals surface area contributed by atoms with Crippen LogP contribution in [0.3, 0.4) is 0 Å². The number of halogens is 5. The van der Waals surface area contributed by atoms with Gasteiger partial charge in [-0.3, -0.25) is 0 Å². The Labute approximate surface area is 176 Å². The summed E-state index contributed by atoms with van der Waals surface area (Å²) >= 11 is 6.21. The SMILES string of the molecule is CC1(C)C=C(c2c(F)cccc2Cl)Oc2cc(-c3ccc(C(F)(F)F)cc3)ccc21. The molecule has 154 valence electrons. The molecular weight excluding hydrogens is 416 g/mol. The van der Waals surface area contributed by atoms with Gasteiger partial charge in [0, 0.05) is 11.0 Å². The third kappa shape index (κ3) is 3.70. The number of hydrogen-bond acceptors (Lipinski definition) is 1. The summed E-state index contributed by atoms with van der Waals surface area (Å²) in [6.07, 6.45) is -2.57. The highest BCUT2D eigenvalue weighted by atomic mass is 35.5. The van der Waals surface area contributed by atoms with Gasteiger partial charge in [0.1, 0.15) is 17.3 Å². The molecule has 0 saturated carbocycles. The van der Waals surface area contributed by atoms with Crippen molar-refractivity contribution in [1.82, 2.24) is 0 Å². The largest absolute Gasteiger partial charge is 0.457 e. The summed E-state index contributed by atoms with van der Waals surface area (Å²) in [6.45, 7) is 3.95. The summed E-state index contributed by atoms with van der Waals surface area (Å²) in [5.41, 5.74) is 1.20. The number of ether oxygens (including phenoxy) is 1. The quantitative estimate of drug-likeness (QED) is 0.374. The van der Waals surface area contributed by atoms with Crippen LogP contribution in [0.25, 0.3) is 16.9 Å². The molecule has 0 aliphatic carbocycles. The molecule has 1 heterocycles. The second-order valence-electron chi connectivity index (χ2n) is 7.72. The van der Waals surface area contributed by atoms with Gasteiger partial charge in [0.2, 0.25) is 0 Å². The van der Waals surface area contributed by atoms with Crippen molar-refractivity contribution in [1.29, 1.82) is 0 Å². The lowest BCUT2D eigenvalue weighted by molar-refractivity contribution is -0.137. The third-order valence-electron chi connectivity index (χ3n) is 5.14. The van der Waals surface area contributed by atoms with Gasteiger partial charge in [-0.2, -0.15) is 13.2 Å². The molecule has 0 spiro atoms. The van der Waals surface area contributed by atoms with E-state index in [2.05, 4.69) is 0 Å². The Bertz CT molecular complexity index is 1120. The van der Waals surface area contributed by atoms with Crippen molar-refractivity contribution in [3.63, 3.8) is 0 Å². The molecule has 0 saturated heterocycles. The van der Waals surface area contributed by atoms with Gasteiger partial charge in [-0.25, -0.2) is 4.39 Å². The van der Waals surface area contributed by atoms with Crippen molar-refractivity contribution in [3.8, 4) is 16.9 Å². The van der Waals surface area contributed by atoms with Crippen LogP contribution in [0.5, 0.6) is 5.75 Å². The fourth-order valence-electron chi connectivity index (χ4n) is 3.58. The molecule has 0 amide bonds. The Hall–Kier alpha value is -2.79. The van der Waals surface area contributed by atoms with E-state index in [4.69, 9.17) is 16.3 Å². The molecule has 0 bridgehead atoms. The number of benzene rings is 3. The zero-order valence-electron chi connectivity index (χ0n) is 16.1. The Morgan fingerprint density at radius 2 is 1.57 bits per heavy atom. The van der Waals surface area contributed by atoms with E-state index in [-0.39, 0.29) is 10.6 Å². The van der Waals surface area contributed by atoms with Gasteiger partial charge in [0.25, 0.3) is 0 Å². The molecule has 3 aromatic carbocycles. The lowest BCUT2D eigenvalue weighted by Crippen LogP contribution is -2.21. The van der Waals surface area contributed by atoms with Crippen LogP contribution in [0.2, 0.25) is 5.02 Å². The fourth-order valence-corrected chi connectivity index (χ4v) is 3.84. The molecule has 1 nitrogen and oxygen atoms in total. The summed E-state index contributed by atoms with van der Waals surface area (Å²) in [6, 6.07) is 14.8. The summed E-state index contributed by atoms with van der Waals surface area (Å²) in [5.74, 6) is 0.321. The van der Waals surface area contributed by atoms with Crippen LogP contribution in [-0.4, -0.2) is 0 Å². The average Bonchev–Trinajstić information content (AvgIpc) is 2.66. The van der Waals surface area contributed by atoms with Gasteiger partial charge in [-0.15, -0.1) is 0 Å². The summed E-state index contributed by atoms with van der Waals surface area (Å²) in [4.78, 5) is 0. The molecule has 30 heavy (non-hydrogen) atoms. The van der Waals surface area contributed by atoms with Crippen LogP contribution < -0.4 is 4.74 Å². The average molecular weight is 433 g/mol. The summed E-state index contributed by atoms with van der Waals surface area (Å²) < 4.78 is 59.0. The van der Waals surface area contributed by atoms with E-state index in [0.717, 1.165) is 17.7 Å². The van der Waals surface area contributed by atoms with E-state index in [0.29, 0.717) is 22.6 Å². The highest BCUT2D eigenvalue weighted by molar-refractivity contribution is 6.32. The van der Waals surface area contributed by atoms with E-state index in [1.165, 1.54) is 24.3 Å². The number of hydrogen-bond donors (Lipinski definition) is 0. The predicted octanol–water partition coefficient (Wildman–Crippen LogP) is 7.88. The molecule has 0 atom stereocenters. The zero-order valence-corrected chi connectivity index (χ0v) is 16.9. The van der Waals surface area contributed by atoms with E-state index in [1.807, 2.05) is 32.1 Å². The minimum Gasteiger partial charge on any atom is -0.457 e. The van der Waals surface area contributed by atoms with Crippen LogP contribution >= 0.6 is 11.6 Å². The Morgan fingerprint density at radius 1 is 0.900 bits per heavy atom. The van der Waals surface area contributed by atoms with E-state index in [9.17, 15) is 17.6 Å². The maximum absolute atomic E-state index is 14.4. The monoisotopic (exact) mass is 432 g/mol. The Balaban J connectivity index is 1.75. The van der Waals surface area contributed by atoms with Gasteiger partial charge in [-0.1, -0.05) is 55.8 Å². The van der Waals surface area contributed by atoms with Crippen molar-refractivity contribution in [2.45, 2.75) is 25.4 Å². The lowest BCUT2D eigenvalue weighted by atomic mass is 9.80. The van der Waals surface area contributed by atoms with Gasteiger partial charge in [0.15, 0.2) is 0 Å². The second-order valence-corrected chi connectivity index (χ2v) is 8.12. The van der Waals surface area contributed by atoms with Crippen LogP contribution in [0.1, 0.15) is 30.5 Å². The van der Waals surface area contributed by atoms with Crippen LogP contribution in [0, 0.1) is 5.82 Å². The topological polar surface area (TPSA) is 9.23 Å².